The van der Waals surface area contributed by atoms with Crippen molar-refractivity contribution in [1.82, 2.24) is 4.90 Å². The molecule has 1 aromatic rings. The molecule has 280 valence electrons. The van der Waals surface area contributed by atoms with Gasteiger partial charge < -0.3 is 15.3 Å². The molecule has 0 bridgehead atoms. The highest BCUT2D eigenvalue weighted by molar-refractivity contribution is 5.21. The molecule has 50 heavy (non-hydrogen) atoms. The average Bonchev–Trinajstić information content (AvgIpc) is 3.67. The van der Waals surface area contributed by atoms with E-state index in [1.807, 2.05) is 0 Å². The van der Waals surface area contributed by atoms with E-state index >= 15 is 0 Å². The molecule has 7 fully saturated rings. The number of hydrogen-bond acceptors (Lipinski definition) is 4. The summed E-state index contributed by atoms with van der Waals surface area (Å²) in [6, 6.07) is 11.7. The Bertz CT molecular complexity index is 1320. The van der Waals surface area contributed by atoms with Crippen molar-refractivity contribution in [2.75, 3.05) is 13.1 Å². The van der Waals surface area contributed by atoms with Crippen LogP contribution in [0.4, 0.5) is 0 Å². The molecule has 7 aliphatic rings. The molecule has 5 saturated carbocycles. The van der Waals surface area contributed by atoms with Crippen LogP contribution in [0.25, 0.3) is 0 Å². The molecule has 5 aliphatic carbocycles. The smallest absolute Gasteiger partial charge is 0.0805 e. The number of rotatable bonds is 8. The van der Waals surface area contributed by atoms with Crippen LogP contribution in [-0.4, -0.2) is 57.2 Å². The number of aliphatic hydroxyl groups is 3. The Labute approximate surface area is 305 Å². The highest BCUT2D eigenvalue weighted by atomic mass is 16.3. The summed E-state index contributed by atoms with van der Waals surface area (Å²) in [6.07, 6.45) is 18.4. The van der Waals surface area contributed by atoms with E-state index < -0.39 is 5.60 Å². The minimum absolute atomic E-state index is 0.0102. The molecule has 3 N–H and O–H groups in total. The summed E-state index contributed by atoms with van der Waals surface area (Å²) in [6.45, 7) is 14.3. The predicted molar refractivity (Wildman–Crippen MR) is 204 cm³/mol. The van der Waals surface area contributed by atoms with Gasteiger partial charge in [0.2, 0.25) is 0 Å². The van der Waals surface area contributed by atoms with Gasteiger partial charge >= 0.3 is 0 Å². The molecule has 0 aromatic heterocycles. The molecule has 0 unspecified atom stereocenters. The van der Waals surface area contributed by atoms with Crippen molar-refractivity contribution >= 4 is 0 Å². The van der Waals surface area contributed by atoms with E-state index in [1.165, 1.54) is 82.7 Å². The third-order valence-corrected chi connectivity index (χ3v) is 17.8. The van der Waals surface area contributed by atoms with Crippen molar-refractivity contribution in [3.63, 3.8) is 0 Å². The third kappa shape index (κ3) is 6.09. The van der Waals surface area contributed by atoms with Crippen molar-refractivity contribution in [3.05, 3.63) is 35.9 Å². The van der Waals surface area contributed by atoms with Gasteiger partial charge in [-0.25, -0.2) is 0 Å². The molecule has 2 aliphatic heterocycles. The summed E-state index contributed by atoms with van der Waals surface area (Å²) in [5.74, 6) is 6.67. The quantitative estimate of drug-likeness (QED) is 0.255. The largest absolute Gasteiger partial charge is 0.393 e. The van der Waals surface area contributed by atoms with Gasteiger partial charge in [0.15, 0.2) is 0 Å². The van der Waals surface area contributed by atoms with Crippen LogP contribution in [0, 0.1) is 70.0 Å². The summed E-state index contributed by atoms with van der Waals surface area (Å²) < 4.78 is 0. The first-order chi connectivity index (χ1) is 23.9. The molecule has 4 heteroatoms. The predicted octanol–water partition coefficient (Wildman–Crippen LogP) is 9.46. The zero-order valence-electron chi connectivity index (χ0n) is 32.5. The molecule has 0 amide bonds. The molecule has 2 heterocycles. The van der Waals surface area contributed by atoms with Crippen LogP contribution in [-0.2, 0) is 0 Å². The Morgan fingerprint density at radius 1 is 0.820 bits per heavy atom. The van der Waals surface area contributed by atoms with Gasteiger partial charge in [0.25, 0.3) is 0 Å². The second-order valence-electron chi connectivity index (χ2n) is 20.7. The van der Waals surface area contributed by atoms with Gasteiger partial charge in [0.05, 0.1) is 17.8 Å². The van der Waals surface area contributed by atoms with Crippen LogP contribution in [0.5, 0.6) is 0 Å². The van der Waals surface area contributed by atoms with E-state index in [0.29, 0.717) is 53.4 Å². The minimum Gasteiger partial charge on any atom is -0.393 e. The Morgan fingerprint density at radius 3 is 2.40 bits per heavy atom. The SMILES string of the molecule is CCC[C@H](C)CC[C@H](C[C@@H]1CC[C@]2(C1)C[C@@]1(C)[C@@H]3C[C@@H]4[C@@H](CC[C@@H]5[C@H]4CN4C[C@@H](C)CC[C@H]4[C@@]5(C)O)[C@@H]3C[C@H](O)[C@H]1C[C@H]2O)c1ccccc1. The second kappa shape index (κ2) is 13.7. The zero-order chi connectivity index (χ0) is 35.0. The Morgan fingerprint density at radius 2 is 1.62 bits per heavy atom. The highest BCUT2D eigenvalue weighted by Gasteiger charge is 2.67. The van der Waals surface area contributed by atoms with Crippen molar-refractivity contribution in [2.24, 2.45) is 70.0 Å². The molecule has 17 atom stereocenters. The first-order valence-electron chi connectivity index (χ1n) is 21.8. The molecule has 1 aromatic carbocycles. The van der Waals surface area contributed by atoms with E-state index in [1.54, 1.807) is 0 Å². The van der Waals surface area contributed by atoms with Crippen LogP contribution in [0.15, 0.2) is 30.3 Å². The molecular formula is C46H73NO3. The number of aliphatic hydroxyl groups excluding tert-OH is 2. The number of fused-ring (bicyclic) bond motifs is 8. The number of benzene rings is 1. The van der Waals surface area contributed by atoms with Crippen molar-refractivity contribution in [2.45, 2.75) is 167 Å². The third-order valence-electron chi connectivity index (χ3n) is 17.8. The Balaban J connectivity index is 1.01. The maximum Gasteiger partial charge on any atom is 0.0805 e. The monoisotopic (exact) mass is 688 g/mol. The summed E-state index contributed by atoms with van der Waals surface area (Å²) in [5.41, 5.74) is 1.04. The lowest BCUT2D eigenvalue weighted by Gasteiger charge is -2.60. The summed E-state index contributed by atoms with van der Waals surface area (Å²) in [4.78, 5) is 2.72. The van der Waals surface area contributed by atoms with Gasteiger partial charge in [-0.2, -0.15) is 0 Å². The molecule has 4 nitrogen and oxygen atoms in total. The number of piperidine rings is 2. The Kier molecular flexibility index (Phi) is 9.90. The fourth-order valence-corrected chi connectivity index (χ4v) is 15.6. The lowest BCUT2D eigenvalue weighted by atomic mass is 9.46. The number of hydrogen-bond donors (Lipinski definition) is 3. The van der Waals surface area contributed by atoms with Crippen molar-refractivity contribution in [3.8, 4) is 0 Å². The lowest BCUT2D eigenvalue weighted by Crippen LogP contribution is -2.67. The molecular weight excluding hydrogens is 615 g/mol. The lowest BCUT2D eigenvalue weighted by molar-refractivity contribution is -0.180. The zero-order valence-corrected chi connectivity index (χ0v) is 32.5. The van der Waals surface area contributed by atoms with Gasteiger partial charge in [0, 0.05) is 19.1 Å². The average molecular weight is 688 g/mol. The fourth-order valence-electron chi connectivity index (χ4n) is 15.6. The maximum absolute atomic E-state index is 12.2. The minimum atomic E-state index is -0.586. The van der Waals surface area contributed by atoms with E-state index in [-0.39, 0.29) is 29.0 Å². The van der Waals surface area contributed by atoms with Crippen LogP contribution in [0.1, 0.15) is 149 Å². The van der Waals surface area contributed by atoms with Crippen LogP contribution in [0.3, 0.4) is 0 Å². The van der Waals surface area contributed by atoms with Gasteiger partial charge in [-0.3, -0.25) is 4.90 Å². The van der Waals surface area contributed by atoms with Crippen molar-refractivity contribution < 1.29 is 15.3 Å². The summed E-state index contributed by atoms with van der Waals surface area (Å²) in [5, 5.41) is 36.2. The van der Waals surface area contributed by atoms with Crippen LogP contribution in [0.2, 0.25) is 0 Å². The second-order valence-corrected chi connectivity index (χ2v) is 20.7. The molecule has 1 spiro atoms. The van der Waals surface area contributed by atoms with E-state index in [4.69, 9.17) is 0 Å². The fraction of sp³-hybridized carbons (Fsp3) is 0.870. The van der Waals surface area contributed by atoms with E-state index in [0.717, 1.165) is 50.5 Å². The van der Waals surface area contributed by atoms with Gasteiger partial charge in [-0.05, 0) is 172 Å². The van der Waals surface area contributed by atoms with E-state index in [9.17, 15) is 15.3 Å². The number of nitrogens with zero attached hydrogens (tertiary/aromatic N) is 1. The first kappa shape index (κ1) is 36.1. The van der Waals surface area contributed by atoms with Gasteiger partial charge in [-0.15, -0.1) is 0 Å². The molecule has 2 saturated heterocycles. The molecule has 8 rings (SSSR count). The first-order valence-corrected chi connectivity index (χ1v) is 21.8. The van der Waals surface area contributed by atoms with Gasteiger partial charge in [-0.1, -0.05) is 77.3 Å². The summed E-state index contributed by atoms with van der Waals surface area (Å²) >= 11 is 0. The Hall–Kier alpha value is -0.940. The normalized spacial score (nSPS) is 49.8. The summed E-state index contributed by atoms with van der Waals surface area (Å²) in [7, 11) is 0. The standard InChI is InChI=1S/C46H73NO3/c1-6-10-29(2)13-15-33(32-11-8-7-9-12-32)21-31-19-20-46(25-31)28-44(4)39-22-35-34(36(39)23-41(48)40(44)24-43(46)49)16-17-38-37(35)27-47-26-30(3)14-18-42(47)45(38,5)50/h7-9,11-12,29-31,33-43,48-50H,6,10,13-28H2,1-5H3/t29-,30-,31-,33+,34+,35+,36-,37-,38+,39+,40+,41-,42-,43+,44-,45-,46-/m0/s1. The highest BCUT2D eigenvalue weighted by Crippen LogP contribution is 2.71. The van der Waals surface area contributed by atoms with Gasteiger partial charge in [0.1, 0.15) is 0 Å². The van der Waals surface area contributed by atoms with Crippen LogP contribution >= 0.6 is 0 Å². The van der Waals surface area contributed by atoms with E-state index in [2.05, 4.69) is 69.9 Å². The molecule has 0 radical (unpaired) electrons. The maximum atomic E-state index is 12.2. The van der Waals surface area contributed by atoms with Crippen LogP contribution < -0.4 is 0 Å². The van der Waals surface area contributed by atoms with Crippen molar-refractivity contribution in [1.29, 1.82) is 0 Å². The topological polar surface area (TPSA) is 63.9 Å².